The average Bonchev–Trinajstić information content (AvgIpc) is 3.34. The maximum Gasteiger partial charge on any atom is 0.306 e. The topological polar surface area (TPSA) is 78.9 Å². The highest BCUT2D eigenvalue weighted by Crippen LogP contribution is 2.17. The van der Waals surface area contributed by atoms with Crippen LogP contribution >= 0.6 is 0 Å². The Morgan fingerprint density at radius 2 is 0.544 bits per heavy atom. The van der Waals surface area contributed by atoms with E-state index in [9.17, 15) is 14.4 Å². The molecule has 0 radical (unpaired) electrons. The van der Waals surface area contributed by atoms with Gasteiger partial charge in [0.05, 0.1) is 0 Å². The van der Waals surface area contributed by atoms with Crippen LogP contribution in [0.3, 0.4) is 0 Å². The van der Waals surface area contributed by atoms with Gasteiger partial charge in [-0.05, 0) is 70.6 Å². The first-order valence-electron chi connectivity index (χ1n) is 30.0. The van der Waals surface area contributed by atoms with Crippen LogP contribution in [0.4, 0.5) is 0 Å². The zero-order chi connectivity index (χ0) is 49.3. The third kappa shape index (κ3) is 54.6. The van der Waals surface area contributed by atoms with Crippen molar-refractivity contribution in [1.82, 2.24) is 0 Å². The minimum Gasteiger partial charge on any atom is -0.462 e. The molecule has 68 heavy (non-hydrogen) atoms. The van der Waals surface area contributed by atoms with Gasteiger partial charge in [0.15, 0.2) is 6.10 Å². The Labute approximate surface area is 423 Å². The Balaban J connectivity index is 4.20. The minimum absolute atomic E-state index is 0.0712. The number of carbonyl (C=O) groups excluding carboxylic acids is 3. The Bertz CT molecular complexity index is 1140. The number of allylic oxidation sites excluding steroid dienone is 6. The lowest BCUT2D eigenvalue weighted by Crippen LogP contribution is -2.30. The van der Waals surface area contributed by atoms with E-state index in [-0.39, 0.29) is 31.1 Å². The zero-order valence-corrected chi connectivity index (χ0v) is 45.6. The first-order valence-corrected chi connectivity index (χ1v) is 30.0. The van der Waals surface area contributed by atoms with E-state index in [1.165, 1.54) is 212 Å². The number of esters is 3. The van der Waals surface area contributed by atoms with Crippen LogP contribution in [0, 0.1) is 0 Å². The lowest BCUT2D eigenvalue weighted by atomic mass is 10.0. The number of hydrogen-bond acceptors (Lipinski definition) is 6. The van der Waals surface area contributed by atoms with Gasteiger partial charge >= 0.3 is 17.9 Å². The van der Waals surface area contributed by atoms with Gasteiger partial charge in [0.1, 0.15) is 13.2 Å². The van der Waals surface area contributed by atoms with Crippen LogP contribution in [0.5, 0.6) is 0 Å². The summed E-state index contributed by atoms with van der Waals surface area (Å²) in [5.41, 5.74) is 0. The molecule has 0 N–H and O–H groups in total. The first-order chi connectivity index (χ1) is 33.5. The van der Waals surface area contributed by atoms with Gasteiger partial charge in [-0.1, -0.05) is 269 Å². The van der Waals surface area contributed by atoms with Crippen molar-refractivity contribution < 1.29 is 28.6 Å². The van der Waals surface area contributed by atoms with Crippen LogP contribution < -0.4 is 0 Å². The van der Waals surface area contributed by atoms with Gasteiger partial charge in [-0.15, -0.1) is 0 Å². The summed E-state index contributed by atoms with van der Waals surface area (Å²) in [6.07, 6.45) is 68.6. The molecule has 0 saturated heterocycles. The van der Waals surface area contributed by atoms with Crippen molar-refractivity contribution in [2.24, 2.45) is 0 Å². The van der Waals surface area contributed by atoms with Crippen molar-refractivity contribution in [1.29, 1.82) is 0 Å². The van der Waals surface area contributed by atoms with E-state index in [1.807, 2.05) is 0 Å². The van der Waals surface area contributed by atoms with Crippen molar-refractivity contribution in [3.8, 4) is 0 Å². The standard InChI is InChI=1S/C62H114O6/c1-4-7-10-13-16-19-22-24-26-27-28-29-30-31-32-33-34-35-36-38-40-43-46-49-52-55-61(64)67-58-59(57-66-60(63)54-51-48-45-42-39-21-18-15-12-9-6-3)68-62(65)56-53-50-47-44-41-37-25-23-20-17-14-11-8-5-2/h15,18,22,24,27-28,59H,4-14,16-17,19-21,23,25-26,29-58H2,1-3H3/b18-15-,24-22-,28-27-. The van der Waals surface area contributed by atoms with E-state index in [4.69, 9.17) is 14.2 Å². The molecule has 0 amide bonds. The molecule has 0 fully saturated rings. The monoisotopic (exact) mass is 955 g/mol. The minimum atomic E-state index is -0.771. The molecular weight excluding hydrogens is 841 g/mol. The van der Waals surface area contributed by atoms with Crippen LogP contribution in [0.2, 0.25) is 0 Å². The van der Waals surface area contributed by atoms with Gasteiger partial charge in [0, 0.05) is 19.3 Å². The van der Waals surface area contributed by atoms with Gasteiger partial charge in [0.2, 0.25) is 0 Å². The van der Waals surface area contributed by atoms with Crippen molar-refractivity contribution in [3.05, 3.63) is 36.5 Å². The fourth-order valence-corrected chi connectivity index (χ4v) is 8.81. The SMILES string of the molecule is CCCC/C=C\CCCCCCCC(=O)OCC(COC(=O)CCCCCCCCCCCCCCC/C=C\C/C=C\CCCCCCC)OC(=O)CCCCCCCCCCCCCCCC. The maximum absolute atomic E-state index is 12.8. The summed E-state index contributed by atoms with van der Waals surface area (Å²) in [7, 11) is 0. The van der Waals surface area contributed by atoms with E-state index >= 15 is 0 Å². The molecule has 398 valence electrons. The quantitative estimate of drug-likeness (QED) is 0.0262. The second-order valence-electron chi connectivity index (χ2n) is 20.3. The van der Waals surface area contributed by atoms with E-state index in [0.717, 1.165) is 70.6 Å². The van der Waals surface area contributed by atoms with Gasteiger partial charge in [-0.25, -0.2) is 0 Å². The predicted octanol–water partition coefficient (Wildman–Crippen LogP) is 20.0. The van der Waals surface area contributed by atoms with Gasteiger partial charge in [-0.3, -0.25) is 14.4 Å². The van der Waals surface area contributed by atoms with Gasteiger partial charge < -0.3 is 14.2 Å². The maximum atomic E-state index is 12.8. The third-order valence-corrected chi connectivity index (χ3v) is 13.4. The number of unbranched alkanes of at least 4 members (excludes halogenated alkanes) is 38. The lowest BCUT2D eigenvalue weighted by molar-refractivity contribution is -0.167. The molecular formula is C62H114O6. The first kappa shape index (κ1) is 65.6. The Kier molecular flexibility index (Phi) is 55.2. The molecule has 0 aromatic rings. The number of hydrogen-bond donors (Lipinski definition) is 0. The van der Waals surface area contributed by atoms with Crippen molar-refractivity contribution >= 4 is 17.9 Å². The van der Waals surface area contributed by atoms with E-state index in [0.29, 0.717) is 19.3 Å². The molecule has 6 nitrogen and oxygen atoms in total. The summed E-state index contributed by atoms with van der Waals surface area (Å²) in [4.78, 5) is 38.1. The molecule has 1 atom stereocenters. The Morgan fingerprint density at radius 3 is 0.868 bits per heavy atom. The number of ether oxygens (including phenoxy) is 3. The zero-order valence-electron chi connectivity index (χ0n) is 45.6. The Hall–Kier alpha value is -2.37. The highest BCUT2D eigenvalue weighted by atomic mass is 16.6. The molecule has 0 spiro atoms. The average molecular weight is 956 g/mol. The number of rotatable bonds is 55. The summed E-state index contributed by atoms with van der Waals surface area (Å²) in [6.45, 7) is 6.62. The summed E-state index contributed by atoms with van der Waals surface area (Å²) in [5.74, 6) is -0.864. The summed E-state index contributed by atoms with van der Waals surface area (Å²) in [6, 6.07) is 0. The summed E-state index contributed by atoms with van der Waals surface area (Å²) < 4.78 is 16.9. The second kappa shape index (κ2) is 57.2. The fourth-order valence-electron chi connectivity index (χ4n) is 8.81. The Morgan fingerprint density at radius 1 is 0.294 bits per heavy atom. The van der Waals surface area contributed by atoms with Crippen LogP contribution in [0.25, 0.3) is 0 Å². The van der Waals surface area contributed by atoms with E-state index in [2.05, 4.69) is 57.2 Å². The largest absolute Gasteiger partial charge is 0.462 e. The molecule has 0 aromatic carbocycles. The molecule has 0 bridgehead atoms. The highest BCUT2D eigenvalue weighted by molar-refractivity contribution is 5.71. The predicted molar refractivity (Wildman–Crippen MR) is 293 cm³/mol. The summed E-state index contributed by atoms with van der Waals surface area (Å²) >= 11 is 0. The van der Waals surface area contributed by atoms with Crippen molar-refractivity contribution in [3.63, 3.8) is 0 Å². The molecule has 0 aliphatic rings. The molecule has 0 aromatic heterocycles. The fraction of sp³-hybridized carbons (Fsp3) is 0.855. The molecule has 6 heteroatoms. The second-order valence-corrected chi connectivity index (χ2v) is 20.3. The molecule has 0 heterocycles. The van der Waals surface area contributed by atoms with Crippen molar-refractivity contribution in [2.45, 2.75) is 329 Å². The lowest BCUT2D eigenvalue weighted by Gasteiger charge is -2.18. The van der Waals surface area contributed by atoms with Crippen molar-refractivity contribution in [2.75, 3.05) is 13.2 Å². The molecule has 0 aliphatic carbocycles. The van der Waals surface area contributed by atoms with Crippen LogP contribution in [-0.2, 0) is 28.6 Å². The van der Waals surface area contributed by atoms with E-state index < -0.39 is 6.10 Å². The molecule has 1 unspecified atom stereocenters. The smallest absolute Gasteiger partial charge is 0.306 e. The van der Waals surface area contributed by atoms with Gasteiger partial charge in [0.25, 0.3) is 0 Å². The molecule has 0 rings (SSSR count). The summed E-state index contributed by atoms with van der Waals surface area (Å²) in [5, 5.41) is 0. The van der Waals surface area contributed by atoms with Crippen LogP contribution in [-0.4, -0.2) is 37.2 Å². The molecule has 0 saturated carbocycles. The van der Waals surface area contributed by atoms with Crippen LogP contribution in [0.1, 0.15) is 323 Å². The highest BCUT2D eigenvalue weighted by Gasteiger charge is 2.19. The van der Waals surface area contributed by atoms with Crippen LogP contribution in [0.15, 0.2) is 36.5 Å². The van der Waals surface area contributed by atoms with E-state index in [1.54, 1.807) is 0 Å². The normalized spacial score (nSPS) is 12.2. The van der Waals surface area contributed by atoms with Gasteiger partial charge in [-0.2, -0.15) is 0 Å². The third-order valence-electron chi connectivity index (χ3n) is 13.4. The number of carbonyl (C=O) groups is 3. The molecule has 0 aliphatic heterocycles.